The summed E-state index contributed by atoms with van der Waals surface area (Å²) in [5.41, 5.74) is -0.296. The Morgan fingerprint density at radius 1 is 1.03 bits per heavy atom. The number of phenols is 1. The zero-order chi connectivity index (χ0) is 27.3. The molecule has 3 N–H and O–H groups in total. The van der Waals surface area contributed by atoms with Gasteiger partial charge in [0.1, 0.15) is 30.0 Å². The van der Waals surface area contributed by atoms with E-state index in [1.807, 2.05) is 0 Å². The van der Waals surface area contributed by atoms with Crippen LogP contribution < -0.4 is 10.6 Å². The van der Waals surface area contributed by atoms with Crippen molar-refractivity contribution < 1.29 is 33.8 Å². The summed E-state index contributed by atoms with van der Waals surface area (Å²) in [6.45, 7) is 8.66. The van der Waals surface area contributed by atoms with Gasteiger partial charge >= 0.3 is 12.1 Å². The number of methoxy groups -OCH3 is 1. The first kappa shape index (κ1) is 30.7. The third kappa shape index (κ3) is 11.0. The number of phenolic OH excluding ortho intramolecular Hbond substituents is 1. The largest absolute Gasteiger partial charge is 0.508 e. The Hall–Kier alpha value is -3.30. The van der Waals surface area contributed by atoms with E-state index in [1.54, 1.807) is 32.9 Å². The van der Waals surface area contributed by atoms with Gasteiger partial charge in [0.25, 0.3) is 0 Å². The number of rotatable bonds is 13. The number of aromatic hydroxyl groups is 1. The predicted octanol–water partition coefficient (Wildman–Crippen LogP) is 3.43. The quantitative estimate of drug-likeness (QED) is 0.275. The van der Waals surface area contributed by atoms with Gasteiger partial charge in [-0.05, 0) is 51.8 Å². The summed E-state index contributed by atoms with van der Waals surface area (Å²) in [4.78, 5) is 52.2. The van der Waals surface area contributed by atoms with E-state index in [0.29, 0.717) is 12.0 Å². The molecule has 0 aromatic heterocycles. The number of nitrogens with zero attached hydrogens (tertiary/aromatic N) is 1. The van der Waals surface area contributed by atoms with Crippen LogP contribution in [0.3, 0.4) is 0 Å². The van der Waals surface area contributed by atoms with Crippen molar-refractivity contribution in [2.75, 3.05) is 20.2 Å². The van der Waals surface area contributed by atoms with E-state index in [-0.39, 0.29) is 18.8 Å². The Morgan fingerprint density at radius 2 is 1.64 bits per heavy atom. The summed E-state index contributed by atoms with van der Waals surface area (Å²) in [7, 11) is 1.21. The van der Waals surface area contributed by atoms with Crippen LogP contribution in [0.2, 0.25) is 0 Å². The predicted molar refractivity (Wildman–Crippen MR) is 135 cm³/mol. The number of nitrogens with one attached hydrogen (secondary N) is 2. The maximum atomic E-state index is 13.6. The first-order valence-corrected chi connectivity index (χ1v) is 12.3. The van der Waals surface area contributed by atoms with Gasteiger partial charge < -0.3 is 30.1 Å². The van der Waals surface area contributed by atoms with Crippen molar-refractivity contribution in [1.82, 2.24) is 15.5 Å². The Bertz CT molecular complexity index is 865. The minimum atomic E-state index is -1.10. The number of unbranched alkanes of at least 4 members (excludes halogenated alkanes) is 4. The fourth-order valence-corrected chi connectivity index (χ4v) is 3.50. The number of carbonyl (C=O) groups excluding carboxylic acids is 4. The molecule has 36 heavy (non-hydrogen) atoms. The van der Waals surface area contributed by atoms with Crippen molar-refractivity contribution in [3.8, 4) is 5.75 Å². The molecule has 0 aliphatic heterocycles. The number of amides is 3. The second kappa shape index (κ2) is 15.0. The maximum Gasteiger partial charge on any atom is 0.408 e. The molecule has 1 aromatic carbocycles. The average molecular weight is 508 g/mol. The molecular formula is C26H41N3O7. The molecule has 2 atom stereocenters. The van der Waals surface area contributed by atoms with E-state index < -0.39 is 41.6 Å². The Morgan fingerprint density at radius 3 is 2.19 bits per heavy atom. The minimum absolute atomic E-state index is 0.00451. The number of alkyl carbamates (subject to hydrolysis) is 1. The van der Waals surface area contributed by atoms with Gasteiger partial charge in [0, 0.05) is 6.54 Å². The van der Waals surface area contributed by atoms with Crippen LogP contribution >= 0.6 is 0 Å². The molecule has 0 saturated carbocycles. The molecule has 1 aromatic rings. The van der Waals surface area contributed by atoms with Crippen LogP contribution in [-0.2, 0) is 23.9 Å². The summed E-state index contributed by atoms with van der Waals surface area (Å²) in [5, 5.41) is 14.8. The van der Waals surface area contributed by atoms with E-state index in [4.69, 9.17) is 4.74 Å². The van der Waals surface area contributed by atoms with Gasteiger partial charge in [0.05, 0.1) is 7.11 Å². The number of carbonyl (C=O) groups is 4. The Kier molecular flexibility index (Phi) is 12.8. The third-order valence-electron chi connectivity index (χ3n) is 5.29. The molecule has 2 unspecified atom stereocenters. The molecule has 202 valence electrons. The van der Waals surface area contributed by atoms with Crippen LogP contribution in [0.15, 0.2) is 24.3 Å². The van der Waals surface area contributed by atoms with E-state index in [0.717, 1.165) is 25.7 Å². The van der Waals surface area contributed by atoms with Crippen molar-refractivity contribution in [2.24, 2.45) is 0 Å². The van der Waals surface area contributed by atoms with Crippen molar-refractivity contribution in [1.29, 1.82) is 0 Å². The van der Waals surface area contributed by atoms with Crippen molar-refractivity contribution in [3.63, 3.8) is 0 Å². The number of benzene rings is 1. The van der Waals surface area contributed by atoms with Gasteiger partial charge in [-0.1, -0.05) is 44.7 Å². The van der Waals surface area contributed by atoms with E-state index >= 15 is 0 Å². The highest BCUT2D eigenvalue weighted by Crippen LogP contribution is 2.25. The zero-order valence-corrected chi connectivity index (χ0v) is 22.3. The highest BCUT2D eigenvalue weighted by Gasteiger charge is 2.34. The summed E-state index contributed by atoms with van der Waals surface area (Å²) >= 11 is 0. The molecule has 0 aliphatic carbocycles. The molecule has 0 radical (unpaired) electrons. The lowest BCUT2D eigenvalue weighted by Crippen LogP contribution is -2.52. The number of esters is 1. The topological polar surface area (TPSA) is 134 Å². The van der Waals surface area contributed by atoms with Gasteiger partial charge in [-0.3, -0.25) is 14.4 Å². The van der Waals surface area contributed by atoms with Gasteiger partial charge in [0.2, 0.25) is 11.8 Å². The number of hydrogen-bond acceptors (Lipinski definition) is 7. The highest BCUT2D eigenvalue weighted by atomic mass is 16.6. The SMILES string of the molecule is CCCCCCCN(C(=O)C(C)NC(=O)OC(C)(C)C)C(C(=O)NCC(=O)OC)c1ccc(O)cc1. The summed E-state index contributed by atoms with van der Waals surface area (Å²) in [6.07, 6.45) is 3.86. The molecule has 3 amide bonds. The maximum absolute atomic E-state index is 13.6. The van der Waals surface area contributed by atoms with Crippen LogP contribution in [0, 0.1) is 0 Å². The Balaban J connectivity index is 3.26. The van der Waals surface area contributed by atoms with Gasteiger partial charge in [-0.25, -0.2) is 4.79 Å². The molecular weight excluding hydrogens is 466 g/mol. The fourth-order valence-electron chi connectivity index (χ4n) is 3.50. The first-order valence-electron chi connectivity index (χ1n) is 12.3. The highest BCUT2D eigenvalue weighted by molar-refractivity contribution is 5.93. The summed E-state index contributed by atoms with van der Waals surface area (Å²) in [5.74, 6) is -1.70. The van der Waals surface area contributed by atoms with E-state index in [9.17, 15) is 24.3 Å². The molecule has 1 rings (SSSR count). The third-order valence-corrected chi connectivity index (χ3v) is 5.29. The summed E-state index contributed by atoms with van der Waals surface area (Å²) < 4.78 is 9.87. The second-order valence-electron chi connectivity index (χ2n) is 9.60. The minimum Gasteiger partial charge on any atom is -0.508 e. The molecule has 0 saturated heterocycles. The normalized spacial score (nSPS) is 12.7. The van der Waals surface area contributed by atoms with Crippen molar-refractivity contribution in [2.45, 2.75) is 84.4 Å². The monoisotopic (exact) mass is 507 g/mol. The molecule has 10 heteroatoms. The number of ether oxygens (including phenoxy) is 2. The molecule has 0 bridgehead atoms. The first-order chi connectivity index (χ1) is 16.9. The lowest BCUT2D eigenvalue weighted by molar-refractivity contribution is -0.144. The smallest absolute Gasteiger partial charge is 0.408 e. The lowest BCUT2D eigenvalue weighted by Gasteiger charge is -2.33. The van der Waals surface area contributed by atoms with Gasteiger partial charge in [-0.15, -0.1) is 0 Å². The van der Waals surface area contributed by atoms with Crippen LogP contribution in [0.1, 0.15) is 78.3 Å². The van der Waals surface area contributed by atoms with Crippen molar-refractivity contribution in [3.05, 3.63) is 29.8 Å². The lowest BCUT2D eigenvalue weighted by atomic mass is 10.0. The summed E-state index contributed by atoms with van der Waals surface area (Å²) in [6, 6.07) is 3.84. The standard InChI is InChI=1S/C26H41N3O7/c1-7-8-9-10-11-16-29(24(33)18(2)28-25(34)36-26(3,4)5)22(19-12-14-20(30)15-13-19)23(32)27-17-21(31)35-6/h12-15,18,22,30H,7-11,16-17H2,1-6H3,(H,27,32)(H,28,34). The molecule has 0 aliphatic rings. The fraction of sp³-hybridized carbons (Fsp3) is 0.615. The second-order valence-corrected chi connectivity index (χ2v) is 9.60. The molecule has 0 fully saturated rings. The molecule has 0 heterocycles. The average Bonchev–Trinajstić information content (AvgIpc) is 2.80. The van der Waals surface area contributed by atoms with Crippen LogP contribution in [0.4, 0.5) is 4.79 Å². The van der Waals surface area contributed by atoms with Crippen LogP contribution in [-0.4, -0.2) is 65.7 Å². The molecule has 10 nitrogen and oxygen atoms in total. The number of hydrogen-bond donors (Lipinski definition) is 3. The van der Waals surface area contributed by atoms with Gasteiger partial charge in [0.15, 0.2) is 0 Å². The van der Waals surface area contributed by atoms with E-state index in [2.05, 4.69) is 22.3 Å². The Labute approximate surface area is 213 Å². The van der Waals surface area contributed by atoms with Crippen molar-refractivity contribution >= 4 is 23.9 Å². The zero-order valence-electron chi connectivity index (χ0n) is 22.3. The van der Waals surface area contributed by atoms with E-state index in [1.165, 1.54) is 31.1 Å². The van der Waals surface area contributed by atoms with Gasteiger partial charge in [-0.2, -0.15) is 0 Å². The van der Waals surface area contributed by atoms with Crippen LogP contribution in [0.25, 0.3) is 0 Å². The molecule has 0 spiro atoms. The van der Waals surface area contributed by atoms with Crippen LogP contribution in [0.5, 0.6) is 5.75 Å².